The first kappa shape index (κ1) is 15.4. The summed E-state index contributed by atoms with van der Waals surface area (Å²) in [6.45, 7) is 0. The van der Waals surface area contributed by atoms with Gasteiger partial charge in [0, 0.05) is 0 Å². The van der Waals surface area contributed by atoms with Crippen LogP contribution in [0.2, 0.25) is 0 Å². The maximum Gasteiger partial charge on any atom is 0.119 e. The van der Waals surface area contributed by atoms with E-state index in [-0.39, 0.29) is 0 Å². The lowest BCUT2D eigenvalue weighted by Crippen LogP contribution is -1.91. The summed E-state index contributed by atoms with van der Waals surface area (Å²) in [7, 11) is 3.43. The molecule has 2 nitrogen and oxygen atoms in total. The van der Waals surface area contributed by atoms with Crippen molar-refractivity contribution in [3.05, 3.63) is 59.7 Å². The van der Waals surface area contributed by atoms with Crippen LogP contribution >= 0.6 is 0 Å². The molecule has 0 saturated carbocycles. The Labute approximate surface area is 127 Å². The number of rotatable bonds is 8. The van der Waals surface area contributed by atoms with E-state index in [1.807, 2.05) is 12.1 Å². The number of hydrogen-bond acceptors (Lipinski definition) is 2. The molecule has 0 aliphatic rings. The van der Waals surface area contributed by atoms with Crippen molar-refractivity contribution >= 4 is 0 Å². The molecule has 0 spiro atoms. The zero-order chi connectivity index (χ0) is 14.9. The zero-order valence-electron chi connectivity index (χ0n) is 13.0. The summed E-state index contributed by atoms with van der Waals surface area (Å²) >= 11 is 0. The molecule has 0 fully saturated rings. The van der Waals surface area contributed by atoms with E-state index in [1.54, 1.807) is 14.2 Å². The number of aryl methyl sites for hydroxylation is 2. The Kier molecular flexibility index (Phi) is 6.14. The standard InChI is InChI=1S/C19H24O2/c1-20-18-12-6-10-16(14-18)8-4-3-5-9-17-11-7-13-19(15-17)21-2/h6-7,10-15H,3-5,8-9H2,1-2H3. The molecule has 0 radical (unpaired) electrons. The maximum absolute atomic E-state index is 5.25. The second-order valence-electron chi connectivity index (χ2n) is 5.26. The van der Waals surface area contributed by atoms with Gasteiger partial charge in [0.15, 0.2) is 0 Å². The lowest BCUT2D eigenvalue weighted by atomic mass is 10.0. The van der Waals surface area contributed by atoms with Crippen LogP contribution in [0.1, 0.15) is 30.4 Å². The van der Waals surface area contributed by atoms with E-state index in [1.165, 1.54) is 30.4 Å². The molecular weight excluding hydrogens is 260 g/mol. The van der Waals surface area contributed by atoms with Crippen LogP contribution in [0.5, 0.6) is 11.5 Å². The highest BCUT2D eigenvalue weighted by Gasteiger charge is 1.98. The summed E-state index contributed by atoms with van der Waals surface area (Å²) in [6.07, 6.45) is 5.92. The molecule has 0 saturated heterocycles. The molecule has 0 bridgehead atoms. The Morgan fingerprint density at radius 2 is 1.14 bits per heavy atom. The molecule has 112 valence electrons. The molecule has 2 rings (SSSR count). The Hall–Kier alpha value is -1.96. The van der Waals surface area contributed by atoms with E-state index in [2.05, 4.69) is 36.4 Å². The summed E-state index contributed by atoms with van der Waals surface area (Å²) in [6, 6.07) is 16.7. The molecule has 0 amide bonds. The van der Waals surface area contributed by atoms with Crippen molar-refractivity contribution in [2.24, 2.45) is 0 Å². The van der Waals surface area contributed by atoms with Crippen LogP contribution < -0.4 is 9.47 Å². The van der Waals surface area contributed by atoms with Gasteiger partial charge >= 0.3 is 0 Å². The molecule has 0 heterocycles. The second-order valence-corrected chi connectivity index (χ2v) is 5.26. The topological polar surface area (TPSA) is 18.5 Å². The molecule has 2 heteroatoms. The molecular formula is C19H24O2. The van der Waals surface area contributed by atoms with Crippen molar-refractivity contribution in [3.63, 3.8) is 0 Å². The van der Waals surface area contributed by atoms with Gasteiger partial charge in [0.2, 0.25) is 0 Å². The van der Waals surface area contributed by atoms with Gasteiger partial charge in [-0.1, -0.05) is 30.7 Å². The summed E-state index contributed by atoms with van der Waals surface area (Å²) < 4.78 is 10.5. The van der Waals surface area contributed by atoms with E-state index < -0.39 is 0 Å². The first-order chi connectivity index (χ1) is 10.3. The lowest BCUT2D eigenvalue weighted by Gasteiger charge is -2.06. The van der Waals surface area contributed by atoms with E-state index >= 15 is 0 Å². The van der Waals surface area contributed by atoms with Crippen LogP contribution in [0.15, 0.2) is 48.5 Å². The summed E-state index contributed by atoms with van der Waals surface area (Å²) in [5.74, 6) is 1.90. The predicted molar refractivity (Wildman–Crippen MR) is 87.2 cm³/mol. The smallest absolute Gasteiger partial charge is 0.119 e. The van der Waals surface area contributed by atoms with E-state index in [9.17, 15) is 0 Å². The summed E-state index contributed by atoms with van der Waals surface area (Å²) in [5.41, 5.74) is 2.71. The minimum absolute atomic E-state index is 0.948. The molecule has 0 aromatic heterocycles. The van der Waals surface area contributed by atoms with Crippen molar-refractivity contribution in [2.75, 3.05) is 14.2 Å². The Balaban J connectivity index is 1.69. The number of hydrogen-bond donors (Lipinski definition) is 0. The summed E-state index contributed by atoms with van der Waals surface area (Å²) in [5, 5.41) is 0. The van der Waals surface area contributed by atoms with Crippen LogP contribution in [0, 0.1) is 0 Å². The van der Waals surface area contributed by atoms with Gasteiger partial charge in [0.25, 0.3) is 0 Å². The van der Waals surface area contributed by atoms with Gasteiger partial charge in [-0.25, -0.2) is 0 Å². The first-order valence-electron chi connectivity index (χ1n) is 7.57. The Morgan fingerprint density at radius 3 is 1.57 bits per heavy atom. The minimum atomic E-state index is 0.948. The van der Waals surface area contributed by atoms with Gasteiger partial charge in [-0.05, 0) is 61.1 Å². The maximum atomic E-state index is 5.25. The van der Waals surface area contributed by atoms with Crippen LogP contribution in [0.3, 0.4) is 0 Å². The fraction of sp³-hybridized carbons (Fsp3) is 0.368. The van der Waals surface area contributed by atoms with E-state index in [0.29, 0.717) is 0 Å². The Morgan fingerprint density at radius 1 is 0.667 bits per heavy atom. The molecule has 21 heavy (non-hydrogen) atoms. The van der Waals surface area contributed by atoms with Crippen molar-refractivity contribution in [3.8, 4) is 11.5 Å². The van der Waals surface area contributed by atoms with Crippen molar-refractivity contribution < 1.29 is 9.47 Å². The molecule has 0 atom stereocenters. The highest BCUT2D eigenvalue weighted by molar-refractivity contribution is 5.29. The third kappa shape index (κ3) is 5.14. The van der Waals surface area contributed by atoms with Gasteiger partial charge < -0.3 is 9.47 Å². The second kappa shape index (κ2) is 8.35. The lowest BCUT2D eigenvalue weighted by molar-refractivity contribution is 0.414. The van der Waals surface area contributed by atoms with Gasteiger partial charge in [-0.3, -0.25) is 0 Å². The van der Waals surface area contributed by atoms with E-state index in [0.717, 1.165) is 24.3 Å². The molecule has 2 aromatic carbocycles. The molecule has 0 aliphatic heterocycles. The van der Waals surface area contributed by atoms with Crippen LogP contribution in [0.25, 0.3) is 0 Å². The quantitative estimate of drug-likeness (QED) is 0.656. The average molecular weight is 284 g/mol. The molecule has 0 aliphatic carbocycles. The molecule has 2 aromatic rings. The SMILES string of the molecule is COc1cccc(CCCCCc2cccc(OC)c2)c1. The highest BCUT2D eigenvalue weighted by atomic mass is 16.5. The van der Waals surface area contributed by atoms with Crippen LogP contribution in [-0.2, 0) is 12.8 Å². The van der Waals surface area contributed by atoms with E-state index in [4.69, 9.17) is 9.47 Å². The average Bonchev–Trinajstić information content (AvgIpc) is 2.55. The van der Waals surface area contributed by atoms with Crippen molar-refractivity contribution in [2.45, 2.75) is 32.1 Å². The fourth-order valence-corrected chi connectivity index (χ4v) is 2.49. The Bertz CT molecular complexity index is 499. The van der Waals surface area contributed by atoms with Gasteiger partial charge in [0.05, 0.1) is 14.2 Å². The highest BCUT2D eigenvalue weighted by Crippen LogP contribution is 2.17. The fourth-order valence-electron chi connectivity index (χ4n) is 2.49. The number of methoxy groups -OCH3 is 2. The van der Waals surface area contributed by atoms with Crippen molar-refractivity contribution in [1.82, 2.24) is 0 Å². The van der Waals surface area contributed by atoms with Gasteiger partial charge in [-0.15, -0.1) is 0 Å². The number of ether oxygens (including phenoxy) is 2. The largest absolute Gasteiger partial charge is 0.497 e. The third-order valence-corrected chi connectivity index (χ3v) is 3.70. The third-order valence-electron chi connectivity index (χ3n) is 3.70. The molecule has 0 N–H and O–H groups in total. The van der Waals surface area contributed by atoms with Gasteiger partial charge in [-0.2, -0.15) is 0 Å². The predicted octanol–water partition coefficient (Wildman–Crippen LogP) is 4.66. The normalized spacial score (nSPS) is 10.4. The van der Waals surface area contributed by atoms with Crippen LogP contribution in [-0.4, -0.2) is 14.2 Å². The van der Waals surface area contributed by atoms with Crippen molar-refractivity contribution in [1.29, 1.82) is 0 Å². The van der Waals surface area contributed by atoms with Gasteiger partial charge in [0.1, 0.15) is 11.5 Å². The zero-order valence-corrected chi connectivity index (χ0v) is 13.0. The first-order valence-corrected chi connectivity index (χ1v) is 7.57. The number of benzene rings is 2. The molecule has 0 unspecified atom stereocenters. The van der Waals surface area contributed by atoms with Crippen LogP contribution in [0.4, 0.5) is 0 Å². The summed E-state index contributed by atoms with van der Waals surface area (Å²) in [4.78, 5) is 0. The number of unbranched alkanes of at least 4 members (excludes halogenated alkanes) is 2. The monoisotopic (exact) mass is 284 g/mol. The minimum Gasteiger partial charge on any atom is -0.497 e.